The van der Waals surface area contributed by atoms with E-state index in [0.717, 1.165) is 11.7 Å². The summed E-state index contributed by atoms with van der Waals surface area (Å²) in [5, 5.41) is 0.827. The zero-order chi connectivity index (χ0) is 14.1. The largest absolute Gasteiger partial charge is 0.363 e. The van der Waals surface area contributed by atoms with E-state index < -0.39 is 5.91 Å². The lowest BCUT2D eigenvalue weighted by Gasteiger charge is -2.04. The Hall–Kier alpha value is -3.09. The minimum absolute atomic E-state index is 0.0404. The molecule has 0 saturated heterocycles. The van der Waals surface area contributed by atoms with Gasteiger partial charge < -0.3 is 5.73 Å². The second-order valence-electron chi connectivity index (χ2n) is 4.11. The van der Waals surface area contributed by atoms with Crippen LogP contribution in [0.1, 0.15) is 21.0 Å². The van der Waals surface area contributed by atoms with Gasteiger partial charge >= 0.3 is 0 Å². The van der Waals surface area contributed by atoms with Crippen LogP contribution in [0.5, 0.6) is 0 Å². The van der Waals surface area contributed by atoms with Crippen LogP contribution in [0, 0.1) is 0 Å². The number of fused-ring (bicyclic) bond motifs is 1. The lowest BCUT2D eigenvalue weighted by atomic mass is 10.2. The smallest absolute Gasteiger partial charge is 0.286 e. The minimum atomic E-state index is -0.678. The zero-order valence-corrected chi connectivity index (χ0v) is 10.2. The van der Waals surface area contributed by atoms with Gasteiger partial charge in [-0.1, -0.05) is 0 Å². The predicted octanol–water partition coefficient (Wildman–Crippen LogP) is 0.727. The SMILES string of the molecule is NC(=O)c1ncc(-n2ccc3cc(C=O)cnc32)cn1. The van der Waals surface area contributed by atoms with Crippen LogP contribution in [-0.2, 0) is 0 Å². The van der Waals surface area contributed by atoms with E-state index in [2.05, 4.69) is 15.0 Å². The summed E-state index contributed by atoms with van der Waals surface area (Å²) in [4.78, 5) is 33.6. The van der Waals surface area contributed by atoms with Gasteiger partial charge in [0.1, 0.15) is 5.65 Å². The van der Waals surface area contributed by atoms with Crippen molar-refractivity contribution in [3.8, 4) is 5.69 Å². The van der Waals surface area contributed by atoms with Crippen LogP contribution in [0.3, 0.4) is 0 Å². The van der Waals surface area contributed by atoms with E-state index in [1.165, 1.54) is 18.6 Å². The van der Waals surface area contributed by atoms with Crippen molar-refractivity contribution < 1.29 is 9.59 Å². The van der Waals surface area contributed by atoms with E-state index in [9.17, 15) is 9.59 Å². The van der Waals surface area contributed by atoms with Crippen LogP contribution in [0.25, 0.3) is 16.7 Å². The van der Waals surface area contributed by atoms with E-state index >= 15 is 0 Å². The Labute approximate surface area is 113 Å². The Bertz CT molecular complexity index is 807. The number of carbonyl (C=O) groups is 2. The summed E-state index contributed by atoms with van der Waals surface area (Å²) in [6.07, 6.45) is 7.00. The summed E-state index contributed by atoms with van der Waals surface area (Å²) in [5.74, 6) is -0.718. The minimum Gasteiger partial charge on any atom is -0.363 e. The number of rotatable bonds is 3. The van der Waals surface area contributed by atoms with E-state index in [1.807, 2.05) is 6.07 Å². The Morgan fingerprint density at radius 1 is 1.20 bits per heavy atom. The zero-order valence-electron chi connectivity index (χ0n) is 10.2. The molecule has 0 bridgehead atoms. The molecule has 0 fully saturated rings. The average molecular weight is 267 g/mol. The molecule has 98 valence electrons. The number of aromatic nitrogens is 4. The van der Waals surface area contributed by atoms with Gasteiger partial charge in [-0.3, -0.25) is 14.2 Å². The molecular weight excluding hydrogens is 258 g/mol. The van der Waals surface area contributed by atoms with Gasteiger partial charge in [-0.05, 0) is 12.1 Å². The molecule has 3 aromatic rings. The summed E-state index contributed by atoms with van der Waals surface area (Å²) in [6.45, 7) is 0. The molecule has 0 radical (unpaired) electrons. The molecule has 3 rings (SSSR count). The molecule has 2 N–H and O–H groups in total. The number of carbonyl (C=O) groups excluding carboxylic acids is 2. The fourth-order valence-corrected chi connectivity index (χ4v) is 1.89. The van der Waals surface area contributed by atoms with Gasteiger partial charge in [-0.25, -0.2) is 15.0 Å². The van der Waals surface area contributed by atoms with Gasteiger partial charge in [-0.2, -0.15) is 0 Å². The molecule has 0 aliphatic rings. The highest BCUT2D eigenvalue weighted by Crippen LogP contribution is 2.18. The Morgan fingerprint density at radius 2 is 1.95 bits per heavy atom. The Kier molecular flexibility index (Phi) is 2.72. The summed E-state index contributed by atoms with van der Waals surface area (Å²) < 4.78 is 1.76. The second kappa shape index (κ2) is 4.54. The number of aldehydes is 1. The third-order valence-corrected chi connectivity index (χ3v) is 2.82. The molecule has 0 atom stereocenters. The summed E-state index contributed by atoms with van der Waals surface area (Å²) >= 11 is 0. The van der Waals surface area contributed by atoms with Crippen LogP contribution in [0.4, 0.5) is 0 Å². The number of pyridine rings is 1. The number of hydrogen-bond donors (Lipinski definition) is 1. The fourth-order valence-electron chi connectivity index (χ4n) is 1.89. The molecule has 20 heavy (non-hydrogen) atoms. The summed E-state index contributed by atoms with van der Waals surface area (Å²) in [7, 11) is 0. The van der Waals surface area contributed by atoms with Crippen molar-refractivity contribution in [1.82, 2.24) is 19.5 Å². The van der Waals surface area contributed by atoms with Crippen LogP contribution < -0.4 is 5.73 Å². The maximum atomic E-state index is 10.9. The maximum Gasteiger partial charge on any atom is 0.286 e. The summed E-state index contributed by atoms with van der Waals surface area (Å²) in [5.41, 5.74) is 6.92. The van der Waals surface area contributed by atoms with Gasteiger partial charge in [0.15, 0.2) is 6.29 Å². The highest BCUT2D eigenvalue weighted by molar-refractivity contribution is 5.89. The number of nitrogens with zero attached hydrogens (tertiary/aromatic N) is 4. The molecule has 0 aliphatic carbocycles. The molecule has 0 unspecified atom stereocenters. The standard InChI is InChI=1S/C13H9N5O2/c14-11(20)12-15-5-10(6-16-12)18-2-1-9-3-8(7-19)4-17-13(9)18/h1-7H,(H2,14,20). The molecule has 0 aromatic carbocycles. The highest BCUT2D eigenvalue weighted by Gasteiger charge is 2.08. The van der Waals surface area contributed by atoms with Crippen molar-refractivity contribution in [2.75, 3.05) is 0 Å². The van der Waals surface area contributed by atoms with Crippen LogP contribution in [0.15, 0.2) is 36.9 Å². The lowest BCUT2D eigenvalue weighted by molar-refractivity contribution is 0.0990. The van der Waals surface area contributed by atoms with Gasteiger partial charge in [-0.15, -0.1) is 0 Å². The van der Waals surface area contributed by atoms with E-state index in [-0.39, 0.29) is 5.82 Å². The van der Waals surface area contributed by atoms with Crippen molar-refractivity contribution in [2.24, 2.45) is 5.73 Å². The number of nitrogens with two attached hydrogens (primary N) is 1. The van der Waals surface area contributed by atoms with Gasteiger partial charge in [0.2, 0.25) is 5.82 Å². The van der Waals surface area contributed by atoms with Gasteiger partial charge in [0.05, 0.1) is 18.1 Å². The monoisotopic (exact) mass is 267 g/mol. The topological polar surface area (TPSA) is 104 Å². The number of primary amides is 1. The fraction of sp³-hybridized carbons (Fsp3) is 0. The van der Waals surface area contributed by atoms with E-state index in [1.54, 1.807) is 16.8 Å². The van der Waals surface area contributed by atoms with Crippen molar-refractivity contribution in [3.63, 3.8) is 0 Å². The highest BCUT2D eigenvalue weighted by atomic mass is 16.1. The third-order valence-electron chi connectivity index (χ3n) is 2.82. The maximum absolute atomic E-state index is 10.9. The molecule has 3 heterocycles. The number of amides is 1. The van der Waals surface area contributed by atoms with Crippen molar-refractivity contribution in [2.45, 2.75) is 0 Å². The van der Waals surface area contributed by atoms with Crippen LogP contribution in [-0.4, -0.2) is 31.7 Å². The normalized spacial score (nSPS) is 10.6. The van der Waals surface area contributed by atoms with Crippen LogP contribution >= 0.6 is 0 Å². The van der Waals surface area contributed by atoms with E-state index in [4.69, 9.17) is 5.73 Å². The number of hydrogen-bond acceptors (Lipinski definition) is 5. The van der Waals surface area contributed by atoms with Crippen LogP contribution in [0.2, 0.25) is 0 Å². The predicted molar refractivity (Wildman–Crippen MR) is 70.6 cm³/mol. The molecule has 0 aliphatic heterocycles. The van der Waals surface area contributed by atoms with Gasteiger partial charge in [0.25, 0.3) is 5.91 Å². The molecule has 3 aromatic heterocycles. The quantitative estimate of drug-likeness (QED) is 0.704. The molecule has 7 heteroatoms. The molecule has 1 amide bonds. The molecular formula is C13H9N5O2. The Balaban J connectivity index is 2.10. The van der Waals surface area contributed by atoms with Crippen molar-refractivity contribution in [1.29, 1.82) is 0 Å². The molecule has 0 saturated carbocycles. The average Bonchev–Trinajstić information content (AvgIpc) is 2.90. The second-order valence-corrected chi connectivity index (χ2v) is 4.11. The Morgan fingerprint density at radius 3 is 2.60 bits per heavy atom. The first-order chi connectivity index (χ1) is 9.69. The van der Waals surface area contributed by atoms with E-state index in [0.29, 0.717) is 16.9 Å². The van der Waals surface area contributed by atoms with Gasteiger partial charge in [0, 0.05) is 23.3 Å². The first-order valence-corrected chi connectivity index (χ1v) is 5.73. The lowest BCUT2D eigenvalue weighted by Crippen LogP contribution is -2.15. The third kappa shape index (κ3) is 1.91. The van der Waals surface area contributed by atoms with Crippen molar-refractivity contribution >= 4 is 23.2 Å². The first-order valence-electron chi connectivity index (χ1n) is 5.73. The summed E-state index contributed by atoms with van der Waals surface area (Å²) in [6, 6.07) is 3.57. The first kappa shape index (κ1) is 12.0. The molecule has 7 nitrogen and oxygen atoms in total. The van der Waals surface area contributed by atoms with Crippen molar-refractivity contribution in [3.05, 3.63) is 48.3 Å². The molecule has 0 spiro atoms.